The van der Waals surface area contributed by atoms with Crippen LogP contribution in [0, 0.1) is 0 Å². The number of hydrogen-bond acceptors (Lipinski definition) is 2. The maximum Gasteiger partial charge on any atom is 0.172 e. The molecule has 2 aromatic heterocycles. The van der Waals surface area contributed by atoms with E-state index in [2.05, 4.69) is 22.2 Å². The average Bonchev–Trinajstić information content (AvgIpc) is 2.19. The molecule has 0 atom stereocenters. The molecule has 0 spiro atoms. The molecule has 0 aromatic carbocycles. The van der Waals surface area contributed by atoms with Crippen molar-refractivity contribution in [3.8, 4) is 0 Å². The molecule has 0 saturated carbocycles. The van der Waals surface area contributed by atoms with Crippen molar-refractivity contribution in [1.29, 1.82) is 0 Å². The lowest BCUT2D eigenvalue weighted by molar-refractivity contribution is -0.671. The summed E-state index contributed by atoms with van der Waals surface area (Å²) in [7, 11) is 2.01. The second-order valence-electron chi connectivity index (χ2n) is 3.22. The van der Waals surface area contributed by atoms with E-state index in [4.69, 9.17) is 0 Å². The van der Waals surface area contributed by atoms with Crippen LogP contribution in [0.3, 0.4) is 0 Å². The molecule has 0 aliphatic rings. The summed E-state index contributed by atoms with van der Waals surface area (Å²) in [5.74, 6) is 0.860. The number of hydrogen-bond donors (Lipinski definition) is 0. The van der Waals surface area contributed by atoms with Crippen LogP contribution in [0.4, 0.5) is 0 Å². The maximum atomic E-state index is 4.18. The van der Waals surface area contributed by atoms with E-state index < -0.39 is 0 Å². The van der Waals surface area contributed by atoms with Gasteiger partial charge < -0.3 is 0 Å². The third kappa shape index (κ3) is 2.13. The molecule has 2 aromatic rings. The largest absolute Gasteiger partial charge is 0.241 e. The first-order chi connectivity index (χ1) is 6.84. The molecule has 0 N–H and O–H groups in total. The Morgan fingerprint density at radius 3 is 2.71 bits per heavy atom. The van der Waals surface area contributed by atoms with Crippen molar-refractivity contribution < 1.29 is 4.57 Å². The molecule has 0 amide bonds. The zero-order valence-electron chi connectivity index (χ0n) is 8.09. The zero-order chi connectivity index (χ0) is 9.80. The maximum absolute atomic E-state index is 4.18. The Morgan fingerprint density at radius 1 is 1.21 bits per heavy atom. The topological polar surface area (TPSA) is 29.7 Å². The summed E-state index contributed by atoms with van der Waals surface area (Å²) in [5.41, 5.74) is 1.22. The Kier molecular flexibility index (Phi) is 2.49. The molecule has 2 rings (SSSR count). The van der Waals surface area contributed by atoms with Crippen molar-refractivity contribution in [2.75, 3.05) is 0 Å². The fourth-order valence-corrected chi connectivity index (χ4v) is 1.36. The van der Waals surface area contributed by atoms with Crippen molar-refractivity contribution in [3.05, 3.63) is 54.4 Å². The van der Waals surface area contributed by atoms with Crippen molar-refractivity contribution in [1.82, 2.24) is 9.97 Å². The SMILES string of the molecule is C[n+]1cccc(Cc2ncccn2)c1. The van der Waals surface area contributed by atoms with Crippen LogP contribution in [0.1, 0.15) is 11.4 Å². The van der Waals surface area contributed by atoms with E-state index in [9.17, 15) is 0 Å². The van der Waals surface area contributed by atoms with Crippen LogP contribution >= 0.6 is 0 Å². The van der Waals surface area contributed by atoms with E-state index in [1.807, 2.05) is 29.9 Å². The first-order valence-electron chi connectivity index (χ1n) is 4.55. The fraction of sp³-hybridized carbons (Fsp3) is 0.182. The Balaban J connectivity index is 2.19. The van der Waals surface area contributed by atoms with E-state index in [1.165, 1.54) is 5.56 Å². The van der Waals surface area contributed by atoms with E-state index in [0.717, 1.165) is 12.2 Å². The Hall–Kier alpha value is -1.77. The smallest absolute Gasteiger partial charge is 0.172 e. The average molecular weight is 186 g/mol. The predicted octanol–water partition coefficient (Wildman–Crippen LogP) is 0.892. The second-order valence-corrected chi connectivity index (χ2v) is 3.22. The minimum atomic E-state index is 0.787. The van der Waals surface area contributed by atoms with Crippen molar-refractivity contribution in [2.24, 2.45) is 7.05 Å². The summed E-state index contributed by atoms with van der Waals surface area (Å²) in [6, 6.07) is 5.93. The molecule has 70 valence electrons. The lowest BCUT2D eigenvalue weighted by atomic mass is 10.2. The molecule has 3 heteroatoms. The van der Waals surface area contributed by atoms with Gasteiger partial charge in [0.1, 0.15) is 12.9 Å². The monoisotopic (exact) mass is 186 g/mol. The van der Waals surface area contributed by atoms with Gasteiger partial charge in [-0.25, -0.2) is 14.5 Å². The van der Waals surface area contributed by atoms with Crippen molar-refractivity contribution in [2.45, 2.75) is 6.42 Å². The standard InChI is InChI=1S/C11H12N3/c1-14-7-2-4-10(9-14)8-11-12-5-3-6-13-11/h2-7,9H,8H2,1H3/q+1. The Bertz CT molecular complexity index is 412. The van der Waals surface area contributed by atoms with Crippen LogP contribution in [-0.4, -0.2) is 9.97 Å². The van der Waals surface area contributed by atoms with E-state index in [-0.39, 0.29) is 0 Å². The van der Waals surface area contributed by atoms with Gasteiger partial charge in [0.05, 0.1) is 0 Å². The zero-order valence-corrected chi connectivity index (χ0v) is 8.09. The summed E-state index contributed by atoms with van der Waals surface area (Å²) in [6.07, 6.45) is 8.41. The Morgan fingerprint density at radius 2 is 2.00 bits per heavy atom. The second kappa shape index (κ2) is 3.96. The van der Waals surface area contributed by atoms with Crippen LogP contribution in [0.15, 0.2) is 43.0 Å². The fourth-order valence-electron chi connectivity index (χ4n) is 1.36. The van der Waals surface area contributed by atoms with Crippen LogP contribution in [-0.2, 0) is 13.5 Å². The van der Waals surface area contributed by atoms with Gasteiger partial charge in [0.15, 0.2) is 12.4 Å². The van der Waals surface area contributed by atoms with Gasteiger partial charge >= 0.3 is 0 Å². The van der Waals surface area contributed by atoms with Crippen molar-refractivity contribution >= 4 is 0 Å². The molecule has 0 fully saturated rings. The van der Waals surface area contributed by atoms with Gasteiger partial charge in [0.25, 0.3) is 0 Å². The van der Waals surface area contributed by atoms with E-state index in [1.54, 1.807) is 12.4 Å². The minimum Gasteiger partial charge on any atom is -0.241 e. The lowest BCUT2D eigenvalue weighted by Crippen LogP contribution is -2.26. The van der Waals surface area contributed by atoms with E-state index in [0.29, 0.717) is 0 Å². The number of nitrogens with zero attached hydrogens (tertiary/aromatic N) is 3. The van der Waals surface area contributed by atoms with Crippen LogP contribution in [0.2, 0.25) is 0 Å². The highest BCUT2D eigenvalue weighted by Gasteiger charge is 2.01. The van der Waals surface area contributed by atoms with Gasteiger partial charge in [-0.15, -0.1) is 0 Å². The summed E-state index contributed by atoms with van der Waals surface area (Å²) in [4.78, 5) is 8.37. The third-order valence-electron chi connectivity index (χ3n) is 1.98. The normalized spacial score (nSPS) is 10.1. The molecule has 3 nitrogen and oxygen atoms in total. The predicted molar refractivity (Wildman–Crippen MR) is 52.5 cm³/mol. The molecular formula is C11H12N3+. The number of aromatic nitrogens is 3. The van der Waals surface area contributed by atoms with Gasteiger partial charge in [-0.2, -0.15) is 0 Å². The van der Waals surface area contributed by atoms with Crippen LogP contribution < -0.4 is 4.57 Å². The summed E-state index contributed by atoms with van der Waals surface area (Å²) in [5, 5.41) is 0. The molecular weight excluding hydrogens is 174 g/mol. The molecule has 0 aliphatic carbocycles. The van der Waals surface area contributed by atoms with Crippen molar-refractivity contribution in [3.63, 3.8) is 0 Å². The summed E-state index contributed by atoms with van der Waals surface area (Å²) >= 11 is 0. The molecule has 0 bridgehead atoms. The van der Waals surface area contributed by atoms with Gasteiger partial charge in [0.2, 0.25) is 0 Å². The lowest BCUT2D eigenvalue weighted by Gasteiger charge is -1.97. The number of rotatable bonds is 2. The highest BCUT2D eigenvalue weighted by atomic mass is 14.9. The first kappa shape index (κ1) is 8.81. The number of pyridine rings is 1. The minimum absolute atomic E-state index is 0.787. The first-order valence-corrected chi connectivity index (χ1v) is 4.55. The molecule has 2 heterocycles. The molecule has 14 heavy (non-hydrogen) atoms. The van der Waals surface area contributed by atoms with Crippen LogP contribution in [0.25, 0.3) is 0 Å². The summed E-state index contributed by atoms with van der Waals surface area (Å²) in [6.45, 7) is 0. The molecule has 0 saturated heterocycles. The van der Waals surface area contributed by atoms with Gasteiger partial charge in [-0.1, -0.05) is 0 Å². The highest BCUT2D eigenvalue weighted by Crippen LogP contribution is 2.00. The van der Waals surface area contributed by atoms with E-state index >= 15 is 0 Å². The molecule has 0 unspecified atom stereocenters. The van der Waals surface area contributed by atoms with Gasteiger partial charge in [0, 0.05) is 30.4 Å². The quantitative estimate of drug-likeness (QED) is 0.652. The van der Waals surface area contributed by atoms with Gasteiger partial charge in [-0.05, 0) is 12.1 Å². The Labute approximate surface area is 83.1 Å². The number of aryl methyl sites for hydroxylation is 1. The molecule has 0 radical (unpaired) electrons. The summed E-state index contributed by atoms with van der Waals surface area (Å²) < 4.78 is 2.03. The van der Waals surface area contributed by atoms with Crippen LogP contribution in [0.5, 0.6) is 0 Å². The molecule has 0 aliphatic heterocycles. The highest BCUT2D eigenvalue weighted by molar-refractivity contribution is 5.11. The van der Waals surface area contributed by atoms with Gasteiger partial charge in [-0.3, -0.25) is 0 Å². The third-order valence-corrected chi connectivity index (χ3v) is 1.98.